The van der Waals surface area contributed by atoms with E-state index in [1.54, 1.807) is 24.4 Å². The maximum Gasteiger partial charge on any atom is 0.273 e. The summed E-state index contributed by atoms with van der Waals surface area (Å²) in [6, 6.07) is 8.36. The Morgan fingerprint density at radius 3 is 2.84 bits per heavy atom. The lowest BCUT2D eigenvalue weighted by Gasteiger charge is -2.31. The molecule has 1 aliphatic carbocycles. The SMILES string of the molecule is COc1ncccc1-c1cc(=O)n(-c2ccc(C(=O)NC3(C4CCCCO4)CC3)cn2)[nH]1. The first-order valence-corrected chi connectivity index (χ1v) is 10.8. The molecule has 9 nitrogen and oxygen atoms in total. The van der Waals surface area contributed by atoms with E-state index in [2.05, 4.69) is 20.4 Å². The molecule has 32 heavy (non-hydrogen) atoms. The van der Waals surface area contributed by atoms with E-state index in [9.17, 15) is 9.59 Å². The van der Waals surface area contributed by atoms with Gasteiger partial charge in [-0.15, -0.1) is 0 Å². The lowest BCUT2D eigenvalue weighted by Crippen LogP contribution is -2.48. The molecule has 1 amide bonds. The summed E-state index contributed by atoms with van der Waals surface area (Å²) in [4.78, 5) is 33.9. The van der Waals surface area contributed by atoms with Crippen molar-refractivity contribution >= 4 is 5.91 Å². The molecule has 1 unspecified atom stereocenters. The third-order valence-electron chi connectivity index (χ3n) is 6.16. The minimum Gasteiger partial charge on any atom is -0.481 e. The second-order valence-corrected chi connectivity index (χ2v) is 8.27. The van der Waals surface area contributed by atoms with Gasteiger partial charge in [-0.1, -0.05) is 0 Å². The third-order valence-corrected chi connectivity index (χ3v) is 6.16. The first-order chi connectivity index (χ1) is 15.6. The van der Waals surface area contributed by atoms with E-state index in [1.165, 1.54) is 24.1 Å². The highest BCUT2D eigenvalue weighted by atomic mass is 16.5. The molecule has 9 heteroatoms. The van der Waals surface area contributed by atoms with E-state index in [-0.39, 0.29) is 23.1 Å². The van der Waals surface area contributed by atoms with Gasteiger partial charge in [0.05, 0.1) is 35.6 Å². The van der Waals surface area contributed by atoms with Crippen molar-refractivity contribution in [1.82, 2.24) is 25.1 Å². The second-order valence-electron chi connectivity index (χ2n) is 8.27. The fourth-order valence-electron chi connectivity index (χ4n) is 4.25. The fraction of sp³-hybridized carbons (Fsp3) is 0.391. The number of hydrogen-bond acceptors (Lipinski definition) is 6. The molecule has 0 spiro atoms. The first-order valence-electron chi connectivity index (χ1n) is 10.8. The molecule has 1 saturated heterocycles. The van der Waals surface area contributed by atoms with Crippen LogP contribution in [-0.2, 0) is 4.74 Å². The molecule has 1 saturated carbocycles. The summed E-state index contributed by atoms with van der Waals surface area (Å²) in [5.74, 6) is 0.629. The summed E-state index contributed by atoms with van der Waals surface area (Å²) in [6.07, 6.45) is 8.27. The number of ether oxygens (including phenoxy) is 2. The van der Waals surface area contributed by atoms with E-state index in [0.29, 0.717) is 28.5 Å². The van der Waals surface area contributed by atoms with Crippen molar-refractivity contribution in [3.63, 3.8) is 0 Å². The lowest BCUT2D eigenvalue weighted by atomic mass is 9.99. The molecule has 5 rings (SSSR count). The number of methoxy groups -OCH3 is 1. The lowest BCUT2D eigenvalue weighted by molar-refractivity contribution is -0.0139. The van der Waals surface area contributed by atoms with E-state index in [4.69, 9.17) is 9.47 Å². The number of aromatic amines is 1. The summed E-state index contributed by atoms with van der Waals surface area (Å²) in [6.45, 7) is 0.760. The Morgan fingerprint density at radius 2 is 2.16 bits per heavy atom. The number of carbonyl (C=O) groups is 1. The van der Waals surface area contributed by atoms with Gasteiger partial charge in [0.25, 0.3) is 11.5 Å². The number of hydrogen-bond donors (Lipinski definition) is 2. The molecule has 1 aliphatic heterocycles. The van der Waals surface area contributed by atoms with Gasteiger partial charge in [-0.05, 0) is 56.4 Å². The Kier molecular flexibility index (Phi) is 5.26. The van der Waals surface area contributed by atoms with Crippen LogP contribution in [0.2, 0.25) is 0 Å². The number of H-pyrrole nitrogens is 1. The van der Waals surface area contributed by atoms with Crippen molar-refractivity contribution in [3.05, 3.63) is 58.6 Å². The van der Waals surface area contributed by atoms with Gasteiger partial charge in [-0.3, -0.25) is 14.7 Å². The van der Waals surface area contributed by atoms with Crippen molar-refractivity contribution in [2.75, 3.05) is 13.7 Å². The summed E-state index contributed by atoms with van der Waals surface area (Å²) in [5.41, 5.74) is 1.16. The van der Waals surface area contributed by atoms with Gasteiger partial charge in [0.15, 0.2) is 5.82 Å². The van der Waals surface area contributed by atoms with Crippen molar-refractivity contribution in [1.29, 1.82) is 0 Å². The summed E-state index contributed by atoms with van der Waals surface area (Å²) < 4.78 is 12.5. The summed E-state index contributed by atoms with van der Waals surface area (Å²) in [7, 11) is 1.53. The van der Waals surface area contributed by atoms with Gasteiger partial charge in [0.1, 0.15) is 0 Å². The average molecular weight is 435 g/mol. The Balaban J connectivity index is 1.33. The zero-order valence-electron chi connectivity index (χ0n) is 17.8. The molecule has 3 aromatic rings. The number of nitrogens with one attached hydrogen (secondary N) is 2. The van der Waals surface area contributed by atoms with Crippen LogP contribution in [0.15, 0.2) is 47.5 Å². The van der Waals surface area contributed by atoms with Crippen molar-refractivity contribution in [2.24, 2.45) is 0 Å². The van der Waals surface area contributed by atoms with Crippen molar-refractivity contribution < 1.29 is 14.3 Å². The van der Waals surface area contributed by atoms with E-state index in [0.717, 1.165) is 38.7 Å². The number of amides is 1. The molecule has 1 atom stereocenters. The molecule has 0 aromatic carbocycles. The normalized spacial score (nSPS) is 19.3. The first kappa shape index (κ1) is 20.4. The molecule has 3 aromatic heterocycles. The number of pyridine rings is 2. The summed E-state index contributed by atoms with van der Waals surface area (Å²) >= 11 is 0. The largest absolute Gasteiger partial charge is 0.481 e. The van der Waals surface area contributed by atoms with E-state index >= 15 is 0 Å². The predicted octanol–water partition coefficient (Wildman–Crippen LogP) is 2.46. The zero-order valence-corrected chi connectivity index (χ0v) is 17.8. The van der Waals surface area contributed by atoms with Crippen LogP contribution in [0.5, 0.6) is 5.88 Å². The highest BCUT2D eigenvalue weighted by Crippen LogP contribution is 2.43. The number of nitrogens with zero attached hydrogens (tertiary/aromatic N) is 3. The highest BCUT2D eigenvalue weighted by molar-refractivity contribution is 5.94. The Morgan fingerprint density at radius 1 is 1.28 bits per heavy atom. The van der Waals surface area contributed by atoms with Gasteiger partial charge < -0.3 is 14.8 Å². The third kappa shape index (κ3) is 3.80. The Bertz CT molecular complexity index is 1170. The average Bonchev–Trinajstić information content (AvgIpc) is 3.52. The molecule has 166 valence electrons. The number of rotatable bonds is 6. The van der Waals surface area contributed by atoms with Crippen LogP contribution in [0.4, 0.5) is 0 Å². The number of aromatic nitrogens is 4. The Hall–Kier alpha value is -3.46. The van der Waals surface area contributed by atoms with E-state index < -0.39 is 0 Å². The predicted molar refractivity (Wildman–Crippen MR) is 117 cm³/mol. The maximum atomic E-state index is 12.8. The van der Waals surface area contributed by atoms with Crippen LogP contribution in [0, 0.1) is 0 Å². The van der Waals surface area contributed by atoms with Gasteiger partial charge in [-0.25, -0.2) is 14.6 Å². The summed E-state index contributed by atoms with van der Waals surface area (Å²) in [5, 5.41) is 6.19. The number of carbonyl (C=O) groups excluding carboxylic acids is 1. The topological polar surface area (TPSA) is 111 Å². The van der Waals surface area contributed by atoms with Gasteiger partial charge in [-0.2, -0.15) is 0 Å². The minimum atomic E-state index is -0.276. The quantitative estimate of drug-likeness (QED) is 0.615. The van der Waals surface area contributed by atoms with Crippen LogP contribution in [0.25, 0.3) is 17.1 Å². The van der Waals surface area contributed by atoms with Crippen LogP contribution >= 0.6 is 0 Å². The van der Waals surface area contributed by atoms with Crippen LogP contribution in [0.3, 0.4) is 0 Å². The Labute approximate surface area is 184 Å². The van der Waals surface area contributed by atoms with Crippen LogP contribution in [-0.4, -0.2) is 51.0 Å². The molecular formula is C23H25N5O4. The molecule has 2 fully saturated rings. The molecule has 0 bridgehead atoms. The zero-order chi connectivity index (χ0) is 22.1. The second kappa shape index (κ2) is 8.23. The smallest absolute Gasteiger partial charge is 0.273 e. The van der Waals surface area contributed by atoms with Gasteiger partial charge >= 0.3 is 0 Å². The fourth-order valence-corrected chi connectivity index (χ4v) is 4.25. The van der Waals surface area contributed by atoms with Crippen LogP contribution in [0.1, 0.15) is 42.5 Å². The monoisotopic (exact) mass is 435 g/mol. The molecule has 2 N–H and O–H groups in total. The van der Waals surface area contributed by atoms with Crippen molar-refractivity contribution in [2.45, 2.75) is 43.7 Å². The maximum absolute atomic E-state index is 12.8. The van der Waals surface area contributed by atoms with Gasteiger partial charge in [0, 0.05) is 25.1 Å². The minimum absolute atomic E-state index is 0.0906. The standard InChI is InChI=1S/C23H25N5O4/c1-31-22-16(5-4-11-24-22)17-13-20(29)28(27-17)19-8-7-15(14-25-19)21(30)26-23(9-10-23)18-6-2-3-12-32-18/h4-5,7-8,11,13-14,18,27H,2-3,6,9-10,12H2,1H3,(H,26,30). The highest BCUT2D eigenvalue weighted by Gasteiger charge is 2.51. The molecule has 4 heterocycles. The molecular weight excluding hydrogens is 410 g/mol. The van der Waals surface area contributed by atoms with Crippen LogP contribution < -0.4 is 15.6 Å². The molecule has 2 aliphatic rings. The van der Waals surface area contributed by atoms with E-state index in [1.807, 2.05) is 6.07 Å². The van der Waals surface area contributed by atoms with Gasteiger partial charge in [0.2, 0.25) is 5.88 Å². The van der Waals surface area contributed by atoms with Crippen molar-refractivity contribution in [3.8, 4) is 23.0 Å². The molecule has 0 radical (unpaired) electrons.